The summed E-state index contributed by atoms with van der Waals surface area (Å²) in [5.74, 6) is 3.48. The molecule has 3 rings (SSSR count). The second kappa shape index (κ2) is 4.97. The lowest BCUT2D eigenvalue weighted by molar-refractivity contribution is 0.0966. The zero-order chi connectivity index (χ0) is 11.0. The second-order valence-corrected chi connectivity index (χ2v) is 8.30. The minimum atomic E-state index is 1.11. The van der Waals surface area contributed by atoms with Crippen LogP contribution in [0, 0.1) is 17.8 Å². The second-order valence-electron chi connectivity index (χ2n) is 6.41. The van der Waals surface area contributed by atoms with E-state index < -0.39 is 0 Å². The van der Waals surface area contributed by atoms with Gasteiger partial charge < -0.3 is 0 Å². The van der Waals surface area contributed by atoms with Crippen LogP contribution in [-0.2, 0) is 0 Å². The third-order valence-corrected chi connectivity index (χ3v) is 7.99. The first-order chi connectivity index (χ1) is 7.88. The van der Waals surface area contributed by atoms with Crippen LogP contribution < -0.4 is 0 Å². The number of hydrogen-bond acceptors (Lipinski definition) is 0. The van der Waals surface area contributed by atoms with E-state index in [0.717, 1.165) is 23.2 Å². The molecular weight excluding hydrogens is 211 g/mol. The van der Waals surface area contributed by atoms with E-state index in [1.54, 1.807) is 51.4 Å². The maximum absolute atomic E-state index is 2.41. The Morgan fingerprint density at radius 1 is 0.875 bits per heavy atom. The first kappa shape index (κ1) is 11.5. The van der Waals surface area contributed by atoms with Gasteiger partial charge in [0.05, 0.1) is 0 Å². The molecule has 6 unspecified atom stereocenters. The lowest BCUT2D eigenvalue weighted by Crippen LogP contribution is -2.40. The van der Waals surface area contributed by atoms with Gasteiger partial charge in [-0.25, -0.2) is 0 Å². The van der Waals surface area contributed by atoms with Crippen LogP contribution in [0.3, 0.4) is 0 Å². The average Bonchev–Trinajstić information content (AvgIpc) is 2.38. The summed E-state index contributed by atoms with van der Waals surface area (Å²) in [4.78, 5) is 0. The minimum Gasteiger partial charge on any atom is -0.115 e. The standard InChI is InChI=1S/C15H27P/c1-2-12-8-9-14-13-6-4-3-5-11(13)7-10-15(14)16-12/h11-16H,2-10H2,1H3. The highest BCUT2D eigenvalue weighted by Gasteiger charge is 2.42. The van der Waals surface area contributed by atoms with E-state index in [1.165, 1.54) is 20.9 Å². The van der Waals surface area contributed by atoms with Crippen molar-refractivity contribution in [3.63, 3.8) is 0 Å². The molecule has 6 atom stereocenters. The topological polar surface area (TPSA) is 0 Å². The van der Waals surface area contributed by atoms with Crippen molar-refractivity contribution in [3.05, 3.63) is 0 Å². The highest BCUT2D eigenvalue weighted by molar-refractivity contribution is 7.39. The van der Waals surface area contributed by atoms with Gasteiger partial charge in [0.15, 0.2) is 0 Å². The number of hydrogen-bond donors (Lipinski definition) is 0. The van der Waals surface area contributed by atoms with Crippen LogP contribution >= 0.6 is 8.58 Å². The summed E-state index contributed by atoms with van der Waals surface area (Å²) in [5.41, 5.74) is 2.28. The summed E-state index contributed by atoms with van der Waals surface area (Å²) in [7, 11) is 1.33. The molecule has 0 nitrogen and oxygen atoms in total. The molecular formula is C15H27P. The highest BCUT2D eigenvalue weighted by Crippen LogP contribution is 2.55. The van der Waals surface area contributed by atoms with Crippen LogP contribution in [-0.4, -0.2) is 11.3 Å². The normalized spacial score (nSPS) is 49.7. The summed E-state index contributed by atoms with van der Waals surface area (Å²) >= 11 is 0. The van der Waals surface area contributed by atoms with Gasteiger partial charge in [0.2, 0.25) is 0 Å². The molecule has 0 aromatic heterocycles. The van der Waals surface area contributed by atoms with Crippen molar-refractivity contribution in [2.45, 2.75) is 76.0 Å². The molecule has 92 valence electrons. The van der Waals surface area contributed by atoms with Crippen molar-refractivity contribution in [1.82, 2.24) is 0 Å². The summed E-state index contributed by atoms with van der Waals surface area (Å²) < 4.78 is 0. The van der Waals surface area contributed by atoms with Gasteiger partial charge in [0.25, 0.3) is 0 Å². The van der Waals surface area contributed by atoms with E-state index in [2.05, 4.69) is 6.92 Å². The minimum absolute atomic E-state index is 1.11. The zero-order valence-electron chi connectivity index (χ0n) is 10.8. The van der Waals surface area contributed by atoms with Gasteiger partial charge in [-0.05, 0) is 67.6 Å². The van der Waals surface area contributed by atoms with Gasteiger partial charge in [-0.2, -0.15) is 0 Å². The van der Waals surface area contributed by atoms with Crippen molar-refractivity contribution >= 4 is 8.58 Å². The van der Waals surface area contributed by atoms with Crippen LogP contribution in [0.1, 0.15) is 64.7 Å². The van der Waals surface area contributed by atoms with Crippen molar-refractivity contribution in [2.24, 2.45) is 17.8 Å². The van der Waals surface area contributed by atoms with Gasteiger partial charge in [-0.1, -0.05) is 26.2 Å². The first-order valence-corrected chi connectivity index (χ1v) is 8.80. The molecule has 0 bridgehead atoms. The van der Waals surface area contributed by atoms with E-state index in [1.807, 2.05) is 0 Å². The quantitative estimate of drug-likeness (QED) is 0.574. The molecule has 1 heteroatoms. The van der Waals surface area contributed by atoms with Crippen molar-refractivity contribution < 1.29 is 0 Å². The molecule has 0 radical (unpaired) electrons. The van der Waals surface area contributed by atoms with Gasteiger partial charge in [-0.3, -0.25) is 0 Å². The van der Waals surface area contributed by atoms with Crippen LogP contribution in [0.2, 0.25) is 0 Å². The zero-order valence-corrected chi connectivity index (χ0v) is 11.8. The molecule has 2 aliphatic carbocycles. The fourth-order valence-electron chi connectivity index (χ4n) is 4.79. The Morgan fingerprint density at radius 2 is 1.75 bits per heavy atom. The van der Waals surface area contributed by atoms with Gasteiger partial charge in [0.1, 0.15) is 0 Å². The summed E-state index contributed by atoms with van der Waals surface area (Å²) in [6.07, 6.45) is 14.1. The predicted molar refractivity (Wildman–Crippen MR) is 73.6 cm³/mol. The Kier molecular flexibility index (Phi) is 3.58. The molecule has 1 saturated heterocycles. The Hall–Kier alpha value is 0.430. The SMILES string of the molecule is CCC1CCC2C(CCC3CCCCC32)P1. The molecule has 16 heavy (non-hydrogen) atoms. The lowest BCUT2D eigenvalue weighted by atomic mass is 9.64. The third kappa shape index (κ3) is 2.07. The molecule has 2 saturated carbocycles. The molecule has 0 amide bonds. The van der Waals surface area contributed by atoms with E-state index in [-0.39, 0.29) is 0 Å². The smallest absolute Gasteiger partial charge is 0.0203 e. The molecule has 0 aromatic carbocycles. The Balaban J connectivity index is 1.68. The van der Waals surface area contributed by atoms with E-state index >= 15 is 0 Å². The fraction of sp³-hybridized carbons (Fsp3) is 1.00. The van der Waals surface area contributed by atoms with Crippen molar-refractivity contribution in [2.75, 3.05) is 0 Å². The van der Waals surface area contributed by atoms with Crippen LogP contribution in [0.25, 0.3) is 0 Å². The van der Waals surface area contributed by atoms with E-state index in [9.17, 15) is 0 Å². The average molecular weight is 238 g/mol. The third-order valence-electron chi connectivity index (χ3n) is 5.67. The Morgan fingerprint density at radius 3 is 2.62 bits per heavy atom. The van der Waals surface area contributed by atoms with Gasteiger partial charge >= 0.3 is 0 Å². The van der Waals surface area contributed by atoms with Crippen molar-refractivity contribution in [3.8, 4) is 0 Å². The van der Waals surface area contributed by atoms with Gasteiger partial charge in [0, 0.05) is 0 Å². The lowest BCUT2D eigenvalue weighted by Gasteiger charge is -2.49. The van der Waals surface area contributed by atoms with Crippen LogP contribution in [0.15, 0.2) is 0 Å². The Labute approximate surface area is 103 Å². The van der Waals surface area contributed by atoms with Crippen LogP contribution in [0.5, 0.6) is 0 Å². The van der Waals surface area contributed by atoms with E-state index in [0.29, 0.717) is 0 Å². The summed E-state index contributed by atoms with van der Waals surface area (Å²) in [6.45, 7) is 2.41. The molecule has 0 N–H and O–H groups in total. The molecule has 0 aromatic rings. The first-order valence-electron chi connectivity index (χ1n) is 7.64. The number of fused-ring (bicyclic) bond motifs is 3. The maximum atomic E-state index is 2.41. The summed E-state index contributed by atoms with van der Waals surface area (Å²) in [6, 6.07) is 0. The molecule has 0 spiro atoms. The number of rotatable bonds is 1. The fourth-order valence-corrected chi connectivity index (χ4v) is 6.96. The molecule has 3 fully saturated rings. The highest BCUT2D eigenvalue weighted by atomic mass is 31.1. The van der Waals surface area contributed by atoms with E-state index in [4.69, 9.17) is 0 Å². The molecule has 3 aliphatic rings. The van der Waals surface area contributed by atoms with Gasteiger partial charge in [-0.15, -0.1) is 8.58 Å². The summed E-state index contributed by atoms with van der Waals surface area (Å²) in [5, 5.41) is 0. The Bertz CT molecular complexity index is 238. The largest absolute Gasteiger partial charge is 0.115 e. The van der Waals surface area contributed by atoms with Crippen molar-refractivity contribution in [1.29, 1.82) is 0 Å². The van der Waals surface area contributed by atoms with Crippen LogP contribution in [0.4, 0.5) is 0 Å². The monoisotopic (exact) mass is 238 g/mol. The maximum Gasteiger partial charge on any atom is -0.0203 e. The molecule has 1 aliphatic heterocycles. The molecule has 1 heterocycles. The predicted octanol–water partition coefficient (Wildman–Crippen LogP) is 4.82.